The standard InChI is InChI=1S/C15H20N2O4S/c1-9-7-13(9)14-6-5-12(20-14)8-17(4)22(18,19)15-10(2)16-21-11(15)3/h5-6,9,13H,7-8H2,1-4H3/t9-,13-/m1/s1. The van der Waals surface area contributed by atoms with Crippen LogP contribution in [-0.4, -0.2) is 24.9 Å². The molecule has 0 aromatic carbocycles. The Bertz CT molecular complexity index is 771. The van der Waals surface area contributed by atoms with Crippen LogP contribution in [-0.2, 0) is 16.6 Å². The van der Waals surface area contributed by atoms with E-state index in [1.807, 2.05) is 12.1 Å². The quantitative estimate of drug-likeness (QED) is 0.845. The molecule has 120 valence electrons. The lowest BCUT2D eigenvalue weighted by Gasteiger charge is -2.15. The van der Waals surface area contributed by atoms with E-state index in [0.29, 0.717) is 29.1 Å². The van der Waals surface area contributed by atoms with Crippen molar-refractivity contribution in [3.63, 3.8) is 0 Å². The van der Waals surface area contributed by atoms with Crippen molar-refractivity contribution in [2.75, 3.05) is 7.05 Å². The van der Waals surface area contributed by atoms with Gasteiger partial charge in [-0.2, -0.15) is 4.31 Å². The average Bonchev–Trinajstić information content (AvgIpc) is 2.84. The number of nitrogens with zero attached hydrogens (tertiary/aromatic N) is 2. The molecule has 2 aromatic heterocycles. The van der Waals surface area contributed by atoms with Gasteiger partial charge in [0.1, 0.15) is 22.1 Å². The second-order valence-electron chi connectivity index (χ2n) is 6.04. The third-order valence-corrected chi connectivity index (χ3v) is 6.22. The first-order chi connectivity index (χ1) is 10.3. The Morgan fingerprint density at radius 2 is 2.05 bits per heavy atom. The zero-order valence-corrected chi connectivity index (χ0v) is 14.0. The summed E-state index contributed by atoms with van der Waals surface area (Å²) in [5, 5.41) is 3.71. The Kier molecular flexibility index (Phi) is 3.65. The molecule has 0 amide bonds. The first-order valence-electron chi connectivity index (χ1n) is 7.28. The minimum absolute atomic E-state index is 0.137. The monoisotopic (exact) mass is 324 g/mol. The molecule has 2 aromatic rings. The van der Waals surface area contributed by atoms with Crippen LogP contribution in [0.15, 0.2) is 26.0 Å². The van der Waals surface area contributed by atoms with E-state index < -0.39 is 10.0 Å². The molecule has 1 saturated carbocycles. The van der Waals surface area contributed by atoms with Crippen LogP contribution in [0.4, 0.5) is 0 Å². The molecule has 3 rings (SSSR count). The van der Waals surface area contributed by atoms with Crippen molar-refractivity contribution in [2.45, 2.75) is 44.6 Å². The second-order valence-corrected chi connectivity index (χ2v) is 8.02. The van der Waals surface area contributed by atoms with Gasteiger partial charge in [-0.15, -0.1) is 0 Å². The van der Waals surface area contributed by atoms with E-state index in [1.165, 1.54) is 11.4 Å². The molecule has 0 spiro atoms. The molecule has 0 N–H and O–H groups in total. The van der Waals surface area contributed by atoms with Crippen molar-refractivity contribution in [2.24, 2.45) is 5.92 Å². The molecule has 2 heterocycles. The maximum Gasteiger partial charge on any atom is 0.248 e. The number of furan rings is 1. The maximum absolute atomic E-state index is 12.6. The normalized spacial score (nSPS) is 21.5. The summed E-state index contributed by atoms with van der Waals surface area (Å²) in [6.45, 7) is 5.59. The molecule has 1 aliphatic rings. The molecule has 2 atom stereocenters. The number of hydrogen-bond donors (Lipinski definition) is 0. The number of aryl methyl sites for hydroxylation is 2. The van der Waals surface area contributed by atoms with E-state index in [0.717, 1.165) is 12.2 Å². The van der Waals surface area contributed by atoms with Crippen LogP contribution in [0.1, 0.15) is 42.2 Å². The molecule has 0 bridgehead atoms. The average molecular weight is 324 g/mol. The van der Waals surface area contributed by atoms with Gasteiger partial charge in [-0.1, -0.05) is 12.1 Å². The number of sulfonamides is 1. The maximum atomic E-state index is 12.6. The van der Waals surface area contributed by atoms with Crippen molar-refractivity contribution in [1.82, 2.24) is 9.46 Å². The van der Waals surface area contributed by atoms with E-state index in [-0.39, 0.29) is 11.4 Å². The first kappa shape index (κ1) is 15.3. The highest BCUT2D eigenvalue weighted by atomic mass is 32.2. The minimum atomic E-state index is -3.64. The van der Waals surface area contributed by atoms with Crippen molar-refractivity contribution in [1.29, 1.82) is 0 Å². The van der Waals surface area contributed by atoms with Crippen LogP contribution in [0.25, 0.3) is 0 Å². The van der Waals surface area contributed by atoms with Crippen LogP contribution in [0.2, 0.25) is 0 Å². The molecule has 0 saturated heterocycles. The molecule has 6 nitrogen and oxygen atoms in total. The van der Waals surface area contributed by atoms with Crippen LogP contribution in [0.3, 0.4) is 0 Å². The van der Waals surface area contributed by atoms with Gasteiger partial charge in [-0.05, 0) is 38.3 Å². The predicted octanol–water partition coefficient (Wildman–Crippen LogP) is 2.83. The van der Waals surface area contributed by atoms with E-state index in [2.05, 4.69) is 12.1 Å². The first-order valence-corrected chi connectivity index (χ1v) is 8.72. The molecule has 22 heavy (non-hydrogen) atoms. The summed E-state index contributed by atoms with van der Waals surface area (Å²) in [6.07, 6.45) is 1.14. The summed E-state index contributed by atoms with van der Waals surface area (Å²) in [7, 11) is -2.11. The Morgan fingerprint density at radius 3 is 2.59 bits per heavy atom. The summed E-state index contributed by atoms with van der Waals surface area (Å²) < 4.78 is 37.3. The summed E-state index contributed by atoms with van der Waals surface area (Å²) in [4.78, 5) is 0.137. The Hall–Kier alpha value is -1.60. The smallest absolute Gasteiger partial charge is 0.248 e. The van der Waals surface area contributed by atoms with Crippen molar-refractivity contribution in [3.05, 3.63) is 35.1 Å². The summed E-state index contributed by atoms with van der Waals surface area (Å²) >= 11 is 0. The summed E-state index contributed by atoms with van der Waals surface area (Å²) in [6, 6.07) is 3.79. The van der Waals surface area contributed by atoms with Crippen LogP contribution in [0, 0.1) is 19.8 Å². The van der Waals surface area contributed by atoms with Gasteiger partial charge < -0.3 is 8.94 Å². The Labute approximate surface area is 130 Å². The van der Waals surface area contributed by atoms with Crippen LogP contribution in [0.5, 0.6) is 0 Å². The molecule has 7 heteroatoms. The van der Waals surface area contributed by atoms with Gasteiger partial charge in [-0.25, -0.2) is 8.42 Å². The van der Waals surface area contributed by atoms with E-state index >= 15 is 0 Å². The largest absolute Gasteiger partial charge is 0.464 e. The van der Waals surface area contributed by atoms with Crippen molar-refractivity contribution < 1.29 is 17.4 Å². The van der Waals surface area contributed by atoms with E-state index in [4.69, 9.17) is 8.94 Å². The Balaban J connectivity index is 1.79. The van der Waals surface area contributed by atoms with Crippen LogP contribution >= 0.6 is 0 Å². The molecule has 1 aliphatic carbocycles. The lowest BCUT2D eigenvalue weighted by atomic mass is 10.3. The van der Waals surface area contributed by atoms with Gasteiger partial charge in [0.25, 0.3) is 0 Å². The summed E-state index contributed by atoms with van der Waals surface area (Å²) in [5.74, 6) is 3.04. The van der Waals surface area contributed by atoms with Gasteiger partial charge in [0, 0.05) is 13.0 Å². The molecular formula is C15H20N2O4S. The second kappa shape index (κ2) is 5.24. The zero-order chi connectivity index (χ0) is 16.1. The molecular weight excluding hydrogens is 304 g/mol. The van der Waals surface area contributed by atoms with Gasteiger partial charge in [-0.3, -0.25) is 0 Å². The van der Waals surface area contributed by atoms with E-state index in [9.17, 15) is 8.42 Å². The highest BCUT2D eigenvalue weighted by Crippen LogP contribution is 2.47. The lowest BCUT2D eigenvalue weighted by molar-refractivity contribution is 0.383. The Morgan fingerprint density at radius 1 is 1.36 bits per heavy atom. The third-order valence-electron chi connectivity index (χ3n) is 4.17. The fourth-order valence-corrected chi connectivity index (χ4v) is 4.12. The molecule has 0 radical (unpaired) electrons. The predicted molar refractivity (Wildman–Crippen MR) is 79.9 cm³/mol. The third kappa shape index (κ3) is 2.59. The van der Waals surface area contributed by atoms with E-state index in [1.54, 1.807) is 13.8 Å². The number of rotatable bonds is 5. The molecule has 0 unspecified atom stereocenters. The topological polar surface area (TPSA) is 76.6 Å². The summed E-state index contributed by atoms with van der Waals surface area (Å²) in [5.41, 5.74) is 0.372. The zero-order valence-electron chi connectivity index (χ0n) is 13.2. The van der Waals surface area contributed by atoms with Crippen molar-refractivity contribution in [3.8, 4) is 0 Å². The van der Waals surface area contributed by atoms with Gasteiger partial charge in [0.05, 0.1) is 6.54 Å². The SMILES string of the molecule is Cc1noc(C)c1S(=O)(=O)N(C)Cc1ccc([C@@H]2C[C@H]2C)o1. The number of aromatic nitrogens is 1. The van der Waals surface area contributed by atoms with Gasteiger partial charge >= 0.3 is 0 Å². The fourth-order valence-electron chi connectivity index (χ4n) is 2.70. The van der Waals surface area contributed by atoms with Crippen molar-refractivity contribution >= 4 is 10.0 Å². The molecule has 1 fully saturated rings. The van der Waals surface area contributed by atoms with Gasteiger partial charge in [0.15, 0.2) is 5.76 Å². The lowest BCUT2D eigenvalue weighted by Crippen LogP contribution is -2.27. The van der Waals surface area contributed by atoms with Gasteiger partial charge in [0.2, 0.25) is 10.0 Å². The fraction of sp³-hybridized carbons (Fsp3) is 0.533. The highest BCUT2D eigenvalue weighted by Gasteiger charge is 2.37. The molecule has 0 aliphatic heterocycles. The number of hydrogen-bond acceptors (Lipinski definition) is 5. The highest BCUT2D eigenvalue weighted by molar-refractivity contribution is 7.89. The minimum Gasteiger partial charge on any atom is -0.464 e. The van der Waals surface area contributed by atoms with Crippen LogP contribution < -0.4 is 0 Å².